The van der Waals surface area contributed by atoms with E-state index >= 15 is 0 Å². The van der Waals surface area contributed by atoms with Crippen LogP contribution in [0.25, 0.3) is 0 Å². The summed E-state index contributed by atoms with van der Waals surface area (Å²) >= 11 is 0. The van der Waals surface area contributed by atoms with Crippen molar-refractivity contribution in [3.63, 3.8) is 0 Å². The van der Waals surface area contributed by atoms with E-state index < -0.39 is 5.91 Å². The van der Waals surface area contributed by atoms with Crippen molar-refractivity contribution in [1.82, 2.24) is 10.8 Å². The zero-order valence-electron chi connectivity index (χ0n) is 20.1. The molecule has 4 aliphatic carbocycles. The van der Waals surface area contributed by atoms with Gasteiger partial charge in [0.15, 0.2) is 0 Å². The molecule has 4 aliphatic rings. The van der Waals surface area contributed by atoms with Gasteiger partial charge >= 0.3 is 0 Å². The van der Waals surface area contributed by atoms with Crippen LogP contribution >= 0.6 is 0 Å². The highest BCUT2D eigenvalue weighted by Crippen LogP contribution is 2.67. The van der Waals surface area contributed by atoms with Crippen LogP contribution in [0.5, 0.6) is 0 Å². The average Bonchev–Trinajstić information content (AvgIpc) is 3.10. The van der Waals surface area contributed by atoms with Gasteiger partial charge in [0.1, 0.15) is 0 Å². The van der Waals surface area contributed by atoms with E-state index in [1.807, 2.05) is 0 Å². The molecular formula is C26H44N2O4. The minimum atomic E-state index is -0.482. The number of rotatable bonds is 7. The lowest BCUT2D eigenvalue weighted by Crippen LogP contribution is -2.57. The Morgan fingerprint density at radius 2 is 1.72 bits per heavy atom. The van der Waals surface area contributed by atoms with Crippen LogP contribution in [0.2, 0.25) is 0 Å². The third kappa shape index (κ3) is 4.34. The Morgan fingerprint density at radius 3 is 2.50 bits per heavy atom. The molecule has 4 rings (SSSR count). The van der Waals surface area contributed by atoms with Gasteiger partial charge in [-0.25, -0.2) is 5.48 Å². The lowest BCUT2D eigenvalue weighted by molar-refractivity contribution is -0.162. The second-order valence-electron chi connectivity index (χ2n) is 11.9. The van der Waals surface area contributed by atoms with E-state index in [2.05, 4.69) is 19.2 Å². The number of hydrogen-bond acceptors (Lipinski definition) is 4. The molecule has 4 N–H and O–H groups in total. The number of aliphatic hydroxyl groups excluding tert-OH is 1. The number of fused-ring (bicyclic) bond motifs is 5. The second kappa shape index (κ2) is 9.61. The van der Waals surface area contributed by atoms with Crippen molar-refractivity contribution in [3.8, 4) is 0 Å². The topological polar surface area (TPSA) is 98.7 Å². The summed E-state index contributed by atoms with van der Waals surface area (Å²) in [5.41, 5.74) is 2.32. The molecule has 2 amide bonds. The first-order valence-corrected chi connectivity index (χ1v) is 13.2. The number of aliphatic hydroxyl groups is 1. The van der Waals surface area contributed by atoms with E-state index in [4.69, 9.17) is 5.21 Å². The maximum Gasteiger partial charge on any atom is 0.245 e. The Hall–Kier alpha value is -1.14. The normalized spacial score (nSPS) is 43.0. The molecule has 0 aliphatic heterocycles. The quantitative estimate of drug-likeness (QED) is 0.347. The van der Waals surface area contributed by atoms with Crippen molar-refractivity contribution in [2.24, 2.45) is 40.4 Å². The Morgan fingerprint density at radius 1 is 0.938 bits per heavy atom. The van der Waals surface area contributed by atoms with Crippen LogP contribution in [-0.2, 0) is 9.59 Å². The molecule has 0 aromatic rings. The monoisotopic (exact) mass is 448 g/mol. The lowest BCUT2D eigenvalue weighted by atomic mass is 9.44. The first-order chi connectivity index (χ1) is 15.3. The maximum absolute atomic E-state index is 12.1. The number of amides is 2. The Bertz CT molecular complexity index is 699. The number of carbonyl (C=O) groups is 2. The summed E-state index contributed by atoms with van der Waals surface area (Å²) in [4.78, 5) is 23.2. The van der Waals surface area contributed by atoms with E-state index in [0.29, 0.717) is 40.9 Å². The molecule has 0 aromatic heterocycles. The van der Waals surface area contributed by atoms with Gasteiger partial charge in [-0.3, -0.25) is 14.8 Å². The molecule has 0 radical (unpaired) electrons. The van der Waals surface area contributed by atoms with E-state index in [0.717, 1.165) is 25.2 Å². The number of nitrogens with one attached hydrogen (secondary N) is 2. The molecule has 4 fully saturated rings. The largest absolute Gasteiger partial charge is 0.393 e. The van der Waals surface area contributed by atoms with Crippen molar-refractivity contribution < 1.29 is 19.9 Å². The molecule has 4 saturated carbocycles. The molecule has 0 saturated heterocycles. The van der Waals surface area contributed by atoms with E-state index in [9.17, 15) is 14.7 Å². The molecule has 6 nitrogen and oxygen atoms in total. The van der Waals surface area contributed by atoms with Crippen LogP contribution < -0.4 is 10.8 Å². The number of hydrogen-bond donors (Lipinski definition) is 4. The number of carbonyl (C=O) groups excluding carboxylic acids is 2. The highest BCUT2D eigenvalue weighted by molar-refractivity contribution is 5.78. The van der Waals surface area contributed by atoms with E-state index in [-0.39, 0.29) is 25.0 Å². The van der Waals surface area contributed by atoms with E-state index in [1.165, 1.54) is 51.4 Å². The summed E-state index contributed by atoms with van der Waals surface area (Å²) in [6, 6.07) is 0. The standard InChI is InChI=1S/C26H44N2O4/c1-25-13-4-3-6-18(25)16-21(29)24-19-10-9-17(26(19,2)14-11-20(24)25)7-5-8-22(30)27-15-12-23(31)28-32/h17-21,24,29,32H,3-16H2,1-2H3,(H,27,30)(H,28,31)/t17?,18-,19?,20?,21?,24?,25-,26?/m0/s1. The minimum absolute atomic E-state index is 0.0156. The summed E-state index contributed by atoms with van der Waals surface area (Å²) in [6.45, 7) is 5.30. The third-order valence-electron chi connectivity index (χ3n) is 10.6. The van der Waals surface area contributed by atoms with Crippen molar-refractivity contribution >= 4 is 11.8 Å². The van der Waals surface area contributed by atoms with Gasteiger partial charge in [-0.15, -0.1) is 0 Å². The van der Waals surface area contributed by atoms with Crippen molar-refractivity contribution in [2.75, 3.05) is 6.54 Å². The number of hydroxylamine groups is 1. The first kappa shape index (κ1) is 24.0. The van der Waals surface area contributed by atoms with Gasteiger partial charge in [0.2, 0.25) is 11.8 Å². The molecule has 182 valence electrons. The van der Waals surface area contributed by atoms with Crippen LogP contribution in [0.1, 0.15) is 97.3 Å². The van der Waals surface area contributed by atoms with Crippen LogP contribution in [0.3, 0.4) is 0 Å². The smallest absolute Gasteiger partial charge is 0.245 e. The predicted octanol–water partition coefficient (Wildman–Crippen LogP) is 4.19. The fourth-order valence-corrected chi connectivity index (χ4v) is 8.81. The van der Waals surface area contributed by atoms with Gasteiger partial charge in [-0.2, -0.15) is 0 Å². The van der Waals surface area contributed by atoms with Crippen LogP contribution in [0, 0.1) is 40.4 Å². The van der Waals surface area contributed by atoms with Crippen molar-refractivity contribution in [1.29, 1.82) is 0 Å². The molecule has 0 aromatic carbocycles. The van der Waals surface area contributed by atoms with Gasteiger partial charge < -0.3 is 10.4 Å². The summed E-state index contributed by atoms with van der Waals surface area (Å²) in [6.07, 6.45) is 13.8. The maximum atomic E-state index is 12.1. The highest BCUT2D eigenvalue weighted by Gasteiger charge is 2.61. The van der Waals surface area contributed by atoms with Crippen molar-refractivity contribution in [2.45, 2.75) is 103 Å². The SMILES string of the molecule is CC12CCC3C(C(O)C[C@@H]4CCCC[C@]34C)C1CCC2CCCC(=O)NCCC(=O)NO. The zero-order chi connectivity index (χ0) is 22.9. The summed E-state index contributed by atoms with van der Waals surface area (Å²) in [7, 11) is 0. The Kier molecular flexibility index (Phi) is 7.21. The van der Waals surface area contributed by atoms with Gasteiger partial charge in [-0.1, -0.05) is 26.7 Å². The molecule has 0 spiro atoms. The average molecular weight is 449 g/mol. The molecule has 6 heteroatoms. The lowest BCUT2D eigenvalue weighted by Gasteiger charge is -2.62. The third-order valence-corrected chi connectivity index (χ3v) is 10.6. The van der Waals surface area contributed by atoms with Crippen LogP contribution in [-0.4, -0.2) is 34.8 Å². The fraction of sp³-hybridized carbons (Fsp3) is 0.923. The van der Waals surface area contributed by atoms with Gasteiger partial charge in [0.05, 0.1) is 6.10 Å². The Balaban J connectivity index is 1.32. The summed E-state index contributed by atoms with van der Waals surface area (Å²) in [5.74, 6) is 2.66. The second-order valence-corrected chi connectivity index (χ2v) is 11.9. The van der Waals surface area contributed by atoms with Crippen LogP contribution in [0.15, 0.2) is 0 Å². The van der Waals surface area contributed by atoms with Gasteiger partial charge in [0, 0.05) is 19.4 Å². The van der Waals surface area contributed by atoms with Crippen LogP contribution in [0.4, 0.5) is 0 Å². The van der Waals surface area contributed by atoms with Crippen molar-refractivity contribution in [3.05, 3.63) is 0 Å². The Labute approximate surface area is 193 Å². The molecule has 6 unspecified atom stereocenters. The highest BCUT2D eigenvalue weighted by atomic mass is 16.5. The first-order valence-electron chi connectivity index (χ1n) is 13.2. The molecule has 0 heterocycles. The fourth-order valence-electron chi connectivity index (χ4n) is 8.81. The summed E-state index contributed by atoms with van der Waals surface area (Å²) < 4.78 is 0. The van der Waals surface area contributed by atoms with Gasteiger partial charge in [0.25, 0.3) is 0 Å². The minimum Gasteiger partial charge on any atom is -0.393 e. The zero-order valence-corrected chi connectivity index (χ0v) is 20.1. The predicted molar refractivity (Wildman–Crippen MR) is 123 cm³/mol. The molecular weight excluding hydrogens is 404 g/mol. The van der Waals surface area contributed by atoms with Gasteiger partial charge in [-0.05, 0) is 98.2 Å². The van der Waals surface area contributed by atoms with E-state index in [1.54, 1.807) is 5.48 Å². The summed E-state index contributed by atoms with van der Waals surface area (Å²) in [5, 5.41) is 22.6. The molecule has 8 atom stereocenters. The molecule has 32 heavy (non-hydrogen) atoms. The molecule has 0 bridgehead atoms.